The summed E-state index contributed by atoms with van der Waals surface area (Å²) in [6.45, 7) is 0. The van der Waals surface area contributed by atoms with E-state index in [2.05, 4.69) is 5.32 Å². The van der Waals surface area contributed by atoms with E-state index < -0.39 is 11.8 Å². The summed E-state index contributed by atoms with van der Waals surface area (Å²) in [5.41, 5.74) is 0.497. The van der Waals surface area contributed by atoms with Crippen molar-refractivity contribution in [3.05, 3.63) is 67.2 Å². The number of rotatable bonds is 3. The van der Waals surface area contributed by atoms with E-state index in [9.17, 15) is 9.59 Å². The molecule has 0 aromatic heterocycles. The molecule has 2 amide bonds. The Labute approximate surface area is 167 Å². The Kier molecular flexibility index (Phi) is 5.19. The van der Waals surface area contributed by atoms with Crippen LogP contribution < -0.4 is 10.2 Å². The third-order valence-corrected chi connectivity index (χ3v) is 5.29. The van der Waals surface area contributed by atoms with Gasteiger partial charge in [-0.2, -0.15) is 0 Å². The first-order valence-corrected chi connectivity index (χ1v) is 8.65. The molecule has 1 aliphatic heterocycles. The average molecular weight is 437 g/mol. The number of anilines is 2. The van der Waals surface area contributed by atoms with Gasteiger partial charge in [-0.05, 0) is 30.3 Å². The number of benzene rings is 2. The van der Waals surface area contributed by atoms with E-state index in [0.717, 1.165) is 4.90 Å². The van der Waals surface area contributed by atoms with Crippen molar-refractivity contribution in [2.75, 3.05) is 10.2 Å². The number of hydrogen-bond donors (Lipinski definition) is 1. The van der Waals surface area contributed by atoms with E-state index >= 15 is 0 Å². The molecule has 0 radical (unpaired) electrons. The van der Waals surface area contributed by atoms with Gasteiger partial charge in [0.1, 0.15) is 10.7 Å². The van der Waals surface area contributed by atoms with E-state index in [-0.39, 0.29) is 31.5 Å². The molecule has 0 saturated heterocycles. The van der Waals surface area contributed by atoms with Gasteiger partial charge in [0.15, 0.2) is 0 Å². The fourth-order valence-corrected chi connectivity index (χ4v) is 3.10. The number of halogens is 5. The highest BCUT2D eigenvalue weighted by Gasteiger charge is 2.40. The van der Waals surface area contributed by atoms with Gasteiger partial charge in [0.25, 0.3) is 11.8 Å². The largest absolute Gasteiger partial charge is 0.350 e. The monoisotopic (exact) mass is 434 g/mol. The molecule has 1 aliphatic rings. The minimum Gasteiger partial charge on any atom is -0.350 e. The summed E-state index contributed by atoms with van der Waals surface area (Å²) in [5, 5.41) is 3.45. The Hall–Kier alpha value is -1.43. The highest BCUT2D eigenvalue weighted by Crippen LogP contribution is 2.37. The molecule has 0 saturated carbocycles. The van der Waals surface area contributed by atoms with Gasteiger partial charge in [0.05, 0.1) is 25.8 Å². The highest BCUT2D eigenvalue weighted by atomic mass is 35.5. The SMILES string of the molecule is O=C1C(Cl)=C(Nc2ccc(Cl)c(Cl)c2)C(=O)N1c1cccc(Cl)c1Cl. The smallest absolute Gasteiger partial charge is 0.283 e. The van der Waals surface area contributed by atoms with E-state index in [1.165, 1.54) is 12.1 Å². The molecule has 1 N–H and O–H groups in total. The van der Waals surface area contributed by atoms with Gasteiger partial charge >= 0.3 is 0 Å². The van der Waals surface area contributed by atoms with Crippen molar-refractivity contribution in [1.29, 1.82) is 0 Å². The molecule has 9 heteroatoms. The van der Waals surface area contributed by atoms with Crippen LogP contribution in [0.25, 0.3) is 0 Å². The summed E-state index contributed by atoms with van der Waals surface area (Å²) in [6.07, 6.45) is 0. The first-order chi connectivity index (χ1) is 11.8. The van der Waals surface area contributed by atoms with Crippen molar-refractivity contribution in [2.45, 2.75) is 0 Å². The topological polar surface area (TPSA) is 49.4 Å². The maximum absolute atomic E-state index is 12.7. The van der Waals surface area contributed by atoms with Crippen LogP contribution in [0.15, 0.2) is 47.1 Å². The lowest BCUT2D eigenvalue weighted by Crippen LogP contribution is -2.32. The molecule has 3 rings (SSSR count). The predicted molar refractivity (Wildman–Crippen MR) is 102 cm³/mol. The van der Waals surface area contributed by atoms with Crippen molar-refractivity contribution < 1.29 is 9.59 Å². The minimum atomic E-state index is -0.710. The zero-order valence-corrected chi connectivity index (χ0v) is 15.9. The van der Waals surface area contributed by atoms with Crippen LogP contribution in [0.2, 0.25) is 20.1 Å². The van der Waals surface area contributed by atoms with Gasteiger partial charge in [-0.25, -0.2) is 4.90 Å². The second-order valence-corrected chi connectivity index (χ2v) is 6.94. The molecule has 0 unspecified atom stereocenters. The van der Waals surface area contributed by atoms with Crippen LogP contribution in [0.4, 0.5) is 11.4 Å². The lowest BCUT2D eigenvalue weighted by molar-refractivity contribution is -0.120. The summed E-state index contributed by atoms with van der Waals surface area (Å²) in [7, 11) is 0. The molecule has 0 bridgehead atoms. The molecule has 4 nitrogen and oxygen atoms in total. The Morgan fingerprint density at radius 2 is 1.52 bits per heavy atom. The number of imide groups is 1. The summed E-state index contributed by atoms with van der Waals surface area (Å²) >= 11 is 29.9. The Morgan fingerprint density at radius 3 is 2.20 bits per heavy atom. The standard InChI is InChI=1S/C16H7Cl5N2O2/c17-8-5-4-7(6-10(8)19)22-14-13(21)15(24)23(16(14)25)11-3-1-2-9(18)12(11)20/h1-6,22H. The predicted octanol–water partition coefficient (Wildman–Crippen LogP) is 5.74. The number of carbonyl (C=O) groups excluding carboxylic acids is 2. The molecule has 0 fully saturated rings. The average Bonchev–Trinajstić information content (AvgIpc) is 2.78. The van der Waals surface area contributed by atoms with E-state index in [0.29, 0.717) is 10.7 Å². The summed E-state index contributed by atoms with van der Waals surface area (Å²) in [5.74, 6) is -1.37. The molecule has 0 atom stereocenters. The van der Waals surface area contributed by atoms with Crippen LogP contribution in [0.5, 0.6) is 0 Å². The zero-order chi connectivity index (χ0) is 18.3. The first-order valence-electron chi connectivity index (χ1n) is 6.76. The van der Waals surface area contributed by atoms with Crippen LogP contribution in [0, 0.1) is 0 Å². The number of nitrogens with one attached hydrogen (secondary N) is 1. The third-order valence-electron chi connectivity index (χ3n) is 3.39. The highest BCUT2D eigenvalue weighted by molar-refractivity contribution is 6.54. The molecule has 0 spiro atoms. The molecule has 1 heterocycles. The number of amides is 2. The zero-order valence-electron chi connectivity index (χ0n) is 12.1. The number of nitrogens with zero attached hydrogens (tertiary/aromatic N) is 1. The van der Waals surface area contributed by atoms with Gasteiger partial charge < -0.3 is 5.32 Å². The van der Waals surface area contributed by atoms with Crippen LogP contribution in [-0.2, 0) is 9.59 Å². The van der Waals surface area contributed by atoms with E-state index in [1.807, 2.05) is 0 Å². The lowest BCUT2D eigenvalue weighted by atomic mass is 10.3. The van der Waals surface area contributed by atoms with E-state index in [4.69, 9.17) is 58.0 Å². The van der Waals surface area contributed by atoms with Crippen molar-refractivity contribution in [3.63, 3.8) is 0 Å². The van der Waals surface area contributed by atoms with Gasteiger partial charge in [0.2, 0.25) is 0 Å². The first kappa shape index (κ1) is 18.4. The van der Waals surface area contributed by atoms with Crippen LogP contribution in [0.1, 0.15) is 0 Å². The van der Waals surface area contributed by atoms with Crippen molar-refractivity contribution in [2.24, 2.45) is 0 Å². The van der Waals surface area contributed by atoms with Crippen molar-refractivity contribution in [1.82, 2.24) is 0 Å². The van der Waals surface area contributed by atoms with Gasteiger partial charge in [-0.1, -0.05) is 64.1 Å². The second-order valence-electron chi connectivity index (χ2n) is 4.96. The van der Waals surface area contributed by atoms with Crippen LogP contribution >= 0.6 is 58.0 Å². The fourth-order valence-electron chi connectivity index (χ4n) is 2.21. The van der Waals surface area contributed by atoms with Crippen molar-refractivity contribution in [3.8, 4) is 0 Å². The number of hydrogen-bond acceptors (Lipinski definition) is 3. The molecule has 2 aromatic carbocycles. The van der Waals surface area contributed by atoms with Gasteiger partial charge in [-0.3, -0.25) is 9.59 Å². The van der Waals surface area contributed by atoms with Gasteiger partial charge in [-0.15, -0.1) is 0 Å². The lowest BCUT2D eigenvalue weighted by Gasteiger charge is -2.17. The maximum Gasteiger partial charge on any atom is 0.283 e. The van der Waals surface area contributed by atoms with Crippen LogP contribution in [0.3, 0.4) is 0 Å². The Balaban J connectivity index is 1.96. The summed E-state index contributed by atoms with van der Waals surface area (Å²) in [4.78, 5) is 26.0. The summed E-state index contributed by atoms with van der Waals surface area (Å²) in [6, 6.07) is 9.26. The molecule has 128 valence electrons. The molecule has 0 aliphatic carbocycles. The molecule has 2 aromatic rings. The summed E-state index contributed by atoms with van der Waals surface area (Å²) < 4.78 is 0. The molecular weight excluding hydrogens is 429 g/mol. The number of carbonyl (C=O) groups is 2. The second kappa shape index (κ2) is 7.06. The normalized spacial score (nSPS) is 14.5. The maximum atomic E-state index is 12.7. The Morgan fingerprint density at radius 1 is 0.800 bits per heavy atom. The van der Waals surface area contributed by atoms with E-state index in [1.54, 1.807) is 24.3 Å². The van der Waals surface area contributed by atoms with Crippen LogP contribution in [-0.4, -0.2) is 11.8 Å². The fraction of sp³-hybridized carbons (Fsp3) is 0. The van der Waals surface area contributed by atoms with Crippen molar-refractivity contribution >= 4 is 81.2 Å². The minimum absolute atomic E-state index is 0.0751. The molecule has 25 heavy (non-hydrogen) atoms. The third kappa shape index (κ3) is 3.33. The Bertz CT molecular complexity index is 942. The quantitative estimate of drug-likeness (QED) is 0.625. The molecular formula is C16H7Cl5N2O2. The van der Waals surface area contributed by atoms with Gasteiger partial charge in [0, 0.05) is 5.69 Å².